The molecular weight excluding hydrogens is 302 g/mol. The largest absolute Gasteiger partial charge is 0.361 e. The van der Waals surface area contributed by atoms with Crippen LogP contribution in [0.4, 0.5) is 0 Å². The van der Waals surface area contributed by atoms with Gasteiger partial charge in [-0.05, 0) is 52.1 Å². The van der Waals surface area contributed by atoms with E-state index in [9.17, 15) is 0 Å². The van der Waals surface area contributed by atoms with Crippen LogP contribution in [0.25, 0.3) is 0 Å². The summed E-state index contributed by atoms with van der Waals surface area (Å²) in [6, 6.07) is 2.07. The lowest BCUT2D eigenvalue weighted by atomic mass is 9.84. The molecule has 6 heteroatoms. The third kappa shape index (κ3) is 2.89. The van der Waals surface area contributed by atoms with Crippen LogP contribution >= 0.6 is 0 Å². The number of likely N-dealkylation sites (tertiary alicyclic amines) is 2. The van der Waals surface area contributed by atoms with Gasteiger partial charge in [0.2, 0.25) is 0 Å². The highest BCUT2D eigenvalue weighted by Crippen LogP contribution is 2.40. The van der Waals surface area contributed by atoms with Crippen molar-refractivity contribution in [2.24, 2.45) is 0 Å². The van der Waals surface area contributed by atoms with E-state index in [0.717, 1.165) is 37.6 Å². The quantitative estimate of drug-likeness (QED) is 0.934. The van der Waals surface area contributed by atoms with Crippen molar-refractivity contribution in [2.75, 3.05) is 19.6 Å². The van der Waals surface area contributed by atoms with Crippen molar-refractivity contribution in [3.05, 3.63) is 35.0 Å². The molecule has 2 aromatic rings. The van der Waals surface area contributed by atoms with Gasteiger partial charge in [0.25, 0.3) is 0 Å². The van der Waals surface area contributed by atoms with Gasteiger partial charge in [0.1, 0.15) is 5.76 Å². The lowest BCUT2D eigenvalue weighted by molar-refractivity contribution is 0.0442. The van der Waals surface area contributed by atoms with Gasteiger partial charge >= 0.3 is 0 Å². The van der Waals surface area contributed by atoms with E-state index in [-0.39, 0.29) is 0 Å². The van der Waals surface area contributed by atoms with Crippen LogP contribution in [0.5, 0.6) is 0 Å². The SMILES string of the molecule is Cc1noc(C)c1CN1CCCC12CCN(Cc1ccn[nH]1)CC2. The smallest absolute Gasteiger partial charge is 0.138 e. The monoisotopic (exact) mass is 329 g/mol. The van der Waals surface area contributed by atoms with Crippen LogP contribution in [0, 0.1) is 13.8 Å². The van der Waals surface area contributed by atoms with E-state index in [4.69, 9.17) is 4.52 Å². The zero-order valence-corrected chi connectivity index (χ0v) is 14.7. The van der Waals surface area contributed by atoms with Gasteiger partial charge in [0.05, 0.1) is 5.69 Å². The molecule has 1 N–H and O–H groups in total. The minimum atomic E-state index is 0.376. The molecule has 1 spiro atoms. The predicted molar refractivity (Wildman–Crippen MR) is 91.5 cm³/mol. The molecule has 0 radical (unpaired) electrons. The maximum atomic E-state index is 5.36. The number of H-pyrrole nitrogens is 1. The van der Waals surface area contributed by atoms with E-state index >= 15 is 0 Å². The van der Waals surface area contributed by atoms with Crippen LogP contribution in [0.2, 0.25) is 0 Å². The number of aryl methyl sites for hydroxylation is 2. The second-order valence-electron chi connectivity index (χ2n) is 7.41. The molecule has 0 bridgehead atoms. The zero-order valence-electron chi connectivity index (χ0n) is 14.7. The van der Waals surface area contributed by atoms with Gasteiger partial charge in [-0.25, -0.2) is 0 Å². The molecule has 0 aromatic carbocycles. The lowest BCUT2D eigenvalue weighted by Gasteiger charge is -2.45. The molecule has 2 aliphatic rings. The predicted octanol–water partition coefficient (Wildman–Crippen LogP) is 2.65. The summed E-state index contributed by atoms with van der Waals surface area (Å²) in [7, 11) is 0. The summed E-state index contributed by atoms with van der Waals surface area (Å²) in [4.78, 5) is 5.25. The average molecular weight is 329 g/mol. The van der Waals surface area contributed by atoms with Crippen LogP contribution < -0.4 is 0 Å². The minimum Gasteiger partial charge on any atom is -0.361 e. The highest BCUT2D eigenvalue weighted by Gasteiger charge is 2.43. The first kappa shape index (κ1) is 15.8. The molecule has 0 unspecified atom stereocenters. The number of aromatic amines is 1. The maximum absolute atomic E-state index is 5.36. The number of piperidine rings is 1. The Bertz CT molecular complexity index is 650. The van der Waals surface area contributed by atoms with Crippen LogP contribution in [0.1, 0.15) is 48.4 Å². The Morgan fingerprint density at radius 2 is 2.00 bits per heavy atom. The van der Waals surface area contributed by atoms with E-state index in [2.05, 4.69) is 38.1 Å². The maximum Gasteiger partial charge on any atom is 0.138 e. The van der Waals surface area contributed by atoms with Gasteiger partial charge in [-0.1, -0.05) is 5.16 Å². The number of aromatic nitrogens is 3. The number of nitrogens with zero attached hydrogens (tertiary/aromatic N) is 4. The molecule has 2 aromatic heterocycles. The summed E-state index contributed by atoms with van der Waals surface area (Å²) in [5.41, 5.74) is 3.92. The van der Waals surface area contributed by atoms with Crippen molar-refractivity contribution in [3.63, 3.8) is 0 Å². The molecule has 130 valence electrons. The van der Waals surface area contributed by atoms with Gasteiger partial charge in [-0.3, -0.25) is 14.9 Å². The first-order chi connectivity index (χ1) is 11.7. The lowest BCUT2D eigenvalue weighted by Crippen LogP contribution is -2.51. The van der Waals surface area contributed by atoms with E-state index < -0.39 is 0 Å². The summed E-state index contributed by atoms with van der Waals surface area (Å²) in [5, 5.41) is 11.3. The van der Waals surface area contributed by atoms with E-state index in [1.165, 1.54) is 43.5 Å². The van der Waals surface area contributed by atoms with Gasteiger partial charge < -0.3 is 4.52 Å². The number of hydrogen-bond acceptors (Lipinski definition) is 5. The molecule has 24 heavy (non-hydrogen) atoms. The molecule has 4 heterocycles. The Morgan fingerprint density at radius 1 is 1.17 bits per heavy atom. The van der Waals surface area contributed by atoms with Gasteiger partial charge in [-0.15, -0.1) is 0 Å². The van der Waals surface area contributed by atoms with Crippen molar-refractivity contribution >= 4 is 0 Å². The fourth-order valence-electron chi connectivity index (χ4n) is 4.47. The molecule has 2 saturated heterocycles. The Labute approximate surface area is 143 Å². The Morgan fingerprint density at radius 3 is 2.67 bits per heavy atom. The Kier molecular flexibility index (Phi) is 4.18. The van der Waals surface area contributed by atoms with Gasteiger partial charge in [0, 0.05) is 49.2 Å². The molecular formula is C18H27N5O. The normalized spacial score (nSPS) is 21.8. The molecule has 0 atom stereocenters. The van der Waals surface area contributed by atoms with Gasteiger partial charge in [0.15, 0.2) is 0 Å². The fourth-order valence-corrected chi connectivity index (χ4v) is 4.47. The van der Waals surface area contributed by atoms with Crippen molar-refractivity contribution in [1.29, 1.82) is 0 Å². The summed E-state index contributed by atoms with van der Waals surface area (Å²) >= 11 is 0. The topological polar surface area (TPSA) is 61.2 Å². The number of rotatable bonds is 4. The molecule has 2 aliphatic heterocycles. The third-order valence-electron chi connectivity index (χ3n) is 6.01. The standard InChI is InChI=1S/C18H27N5O/c1-14-17(15(2)24-21-14)13-23-9-3-5-18(23)6-10-22(11-7-18)12-16-4-8-19-20-16/h4,8H,3,5-7,9-13H2,1-2H3,(H,19,20). The molecule has 0 aliphatic carbocycles. The van der Waals surface area contributed by atoms with E-state index in [1.807, 2.05) is 13.1 Å². The molecule has 4 rings (SSSR count). The third-order valence-corrected chi connectivity index (χ3v) is 6.01. The average Bonchev–Trinajstić information content (AvgIpc) is 3.29. The molecule has 2 fully saturated rings. The van der Waals surface area contributed by atoms with Crippen molar-refractivity contribution in [1.82, 2.24) is 25.2 Å². The molecule has 0 saturated carbocycles. The summed E-state index contributed by atoms with van der Waals surface area (Å²) in [6.07, 6.45) is 6.98. The first-order valence-corrected chi connectivity index (χ1v) is 9.04. The Hall–Kier alpha value is -1.66. The van der Waals surface area contributed by atoms with Crippen molar-refractivity contribution < 1.29 is 4.52 Å². The zero-order chi connectivity index (χ0) is 16.6. The van der Waals surface area contributed by atoms with Crippen LogP contribution in [0.3, 0.4) is 0 Å². The number of nitrogens with one attached hydrogen (secondary N) is 1. The molecule has 0 amide bonds. The summed E-state index contributed by atoms with van der Waals surface area (Å²) < 4.78 is 5.36. The first-order valence-electron chi connectivity index (χ1n) is 9.04. The summed E-state index contributed by atoms with van der Waals surface area (Å²) in [5.74, 6) is 0.978. The van der Waals surface area contributed by atoms with Crippen LogP contribution in [-0.4, -0.2) is 50.3 Å². The van der Waals surface area contributed by atoms with Crippen LogP contribution in [0.15, 0.2) is 16.8 Å². The number of hydrogen-bond donors (Lipinski definition) is 1. The van der Waals surface area contributed by atoms with Crippen LogP contribution in [-0.2, 0) is 13.1 Å². The van der Waals surface area contributed by atoms with Crippen molar-refractivity contribution in [3.8, 4) is 0 Å². The minimum absolute atomic E-state index is 0.376. The summed E-state index contributed by atoms with van der Waals surface area (Å²) in [6.45, 7) is 9.59. The fraction of sp³-hybridized carbons (Fsp3) is 0.667. The second kappa shape index (κ2) is 6.33. The highest BCUT2D eigenvalue weighted by atomic mass is 16.5. The highest BCUT2D eigenvalue weighted by molar-refractivity contribution is 5.21. The van der Waals surface area contributed by atoms with E-state index in [1.54, 1.807) is 0 Å². The molecule has 6 nitrogen and oxygen atoms in total. The van der Waals surface area contributed by atoms with E-state index in [0.29, 0.717) is 5.54 Å². The van der Waals surface area contributed by atoms with Crippen molar-refractivity contribution in [2.45, 2.75) is 58.2 Å². The second-order valence-corrected chi connectivity index (χ2v) is 7.41. The van der Waals surface area contributed by atoms with Gasteiger partial charge in [-0.2, -0.15) is 5.10 Å². The Balaban J connectivity index is 1.41.